The molecular weight excluding hydrogens is 271 g/mol. The summed E-state index contributed by atoms with van der Waals surface area (Å²) in [5.74, 6) is 0.974. The summed E-state index contributed by atoms with van der Waals surface area (Å²) in [6.45, 7) is 4.75. The van der Waals surface area contributed by atoms with Crippen LogP contribution in [0.2, 0.25) is 0 Å². The van der Waals surface area contributed by atoms with Gasteiger partial charge in [0.25, 0.3) is 0 Å². The molecule has 1 saturated carbocycles. The van der Waals surface area contributed by atoms with E-state index in [1.165, 1.54) is 32.1 Å². The van der Waals surface area contributed by atoms with Crippen LogP contribution in [0.3, 0.4) is 0 Å². The van der Waals surface area contributed by atoms with E-state index in [0.717, 1.165) is 5.75 Å². The highest BCUT2D eigenvalue weighted by Crippen LogP contribution is 2.55. The van der Waals surface area contributed by atoms with Gasteiger partial charge in [0.05, 0.1) is 19.0 Å². The molecule has 6 heteroatoms. The molecule has 1 N–H and O–H groups in total. The van der Waals surface area contributed by atoms with Gasteiger partial charge in [-0.2, -0.15) is 0 Å². The first-order valence-electron chi connectivity index (χ1n) is 6.38. The summed E-state index contributed by atoms with van der Waals surface area (Å²) in [6.07, 6.45) is 8.22. The first kappa shape index (κ1) is 15.5. The molecule has 100 valence electrons. The Kier molecular flexibility index (Phi) is 7.76. The largest absolute Gasteiger partial charge is 0.327 e. The van der Waals surface area contributed by atoms with Crippen LogP contribution in [0, 0.1) is 0 Å². The summed E-state index contributed by atoms with van der Waals surface area (Å²) in [5.41, 5.74) is -1.94. The van der Waals surface area contributed by atoms with Crippen molar-refractivity contribution in [2.45, 2.75) is 52.0 Å². The molecule has 0 aliphatic heterocycles. The first-order chi connectivity index (χ1) is 8.20. The van der Waals surface area contributed by atoms with Gasteiger partial charge in [0.15, 0.2) is 0 Å². The molecule has 17 heavy (non-hydrogen) atoms. The number of nitrogens with one attached hydrogen (secondary N) is 1. The fourth-order valence-electron chi connectivity index (χ4n) is 1.89. The molecular formula is C11H23N2OPS2. The van der Waals surface area contributed by atoms with Crippen molar-refractivity contribution >= 4 is 35.1 Å². The van der Waals surface area contributed by atoms with Gasteiger partial charge in [-0.3, -0.25) is 4.99 Å². The Morgan fingerprint density at radius 2 is 2.12 bits per heavy atom. The van der Waals surface area contributed by atoms with Crippen LogP contribution in [0.15, 0.2) is 4.99 Å². The van der Waals surface area contributed by atoms with Gasteiger partial charge in [-0.1, -0.05) is 37.6 Å². The van der Waals surface area contributed by atoms with Gasteiger partial charge in [0, 0.05) is 0 Å². The van der Waals surface area contributed by atoms with E-state index in [4.69, 9.17) is 16.3 Å². The van der Waals surface area contributed by atoms with Gasteiger partial charge in [0.1, 0.15) is 0 Å². The Morgan fingerprint density at radius 1 is 1.41 bits per heavy atom. The molecule has 0 bridgehead atoms. The lowest BCUT2D eigenvalue weighted by Crippen LogP contribution is -2.14. The molecule has 0 saturated heterocycles. The predicted octanol–water partition coefficient (Wildman–Crippen LogP) is 3.95. The van der Waals surface area contributed by atoms with Crippen molar-refractivity contribution in [3.63, 3.8) is 0 Å². The Balaban J connectivity index is 2.39. The second-order valence-corrected chi connectivity index (χ2v) is 10.9. The van der Waals surface area contributed by atoms with Crippen molar-refractivity contribution in [1.29, 1.82) is 0 Å². The summed E-state index contributed by atoms with van der Waals surface area (Å²) in [4.78, 5) is 4.56. The van der Waals surface area contributed by atoms with Crippen LogP contribution in [0.5, 0.6) is 0 Å². The lowest BCUT2D eigenvalue weighted by molar-refractivity contribution is 0.383. The van der Waals surface area contributed by atoms with Gasteiger partial charge < -0.3 is 9.61 Å². The monoisotopic (exact) mass is 294 g/mol. The van der Waals surface area contributed by atoms with Crippen LogP contribution in [-0.4, -0.2) is 24.7 Å². The minimum absolute atomic E-state index is 0.493. The molecule has 0 radical (unpaired) electrons. The lowest BCUT2D eigenvalue weighted by atomic mass is 9.96. The molecule has 0 heterocycles. The van der Waals surface area contributed by atoms with E-state index in [1.807, 2.05) is 6.92 Å². The van der Waals surface area contributed by atoms with E-state index >= 15 is 0 Å². The zero-order chi connectivity index (χ0) is 12.6. The van der Waals surface area contributed by atoms with Crippen LogP contribution in [0.1, 0.15) is 46.0 Å². The van der Waals surface area contributed by atoms with Gasteiger partial charge in [-0.25, -0.2) is 0 Å². The van der Waals surface area contributed by atoms with Gasteiger partial charge >= 0.3 is 0 Å². The van der Waals surface area contributed by atoms with Crippen molar-refractivity contribution in [3.05, 3.63) is 0 Å². The van der Waals surface area contributed by atoms with Crippen molar-refractivity contribution in [2.24, 2.45) is 4.99 Å². The molecule has 1 rings (SSSR count). The number of hydrogen-bond acceptors (Lipinski definition) is 4. The van der Waals surface area contributed by atoms with Crippen LogP contribution in [0.4, 0.5) is 0 Å². The topological polar surface area (TPSA) is 33.6 Å². The molecule has 0 amide bonds. The molecule has 1 fully saturated rings. The number of nitrogens with zero attached hydrogens (tertiary/aromatic N) is 1. The first-order valence-corrected chi connectivity index (χ1v) is 10.7. The van der Waals surface area contributed by atoms with Crippen molar-refractivity contribution in [2.75, 3.05) is 12.4 Å². The third-order valence-electron chi connectivity index (χ3n) is 2.67. The SMILES string of the molecule is CCOP(=S)(NC=NC1CCCCC1)SCC. The Hall–Kier alpha value is 0.430. The summed E-state index contributed by atoms with van der Waals surface area (Å²) in [5, 5.41) is 3.22. The van der Waals surface area contributed by atoms with Crippen LogP contribution >= 0.6 is 17.0 Å². The second-order valence-electron chi connectivity index (χ2n) is 4.03. The highest BCUT2D eigenvalue weighted by molar-refractivity contribution is 8.68. The zero-order valence-electron chi connectivity index (χ0n) is 10.7. The summed E-state index contributed by atoms with van der Waals surface area (Å²) in [7, 11) is 0. The van der Waals surface area contributed by atoms with E-state index in [1.54, 1.807) is 17.7 Å². The van der Waals surface area contributed by atoms with E-state index in [2.05, 4.69) is 17.0 Å². The van der Waals surface area contributed by atoms with Gasteiger partial charge in [-0.05, 0) is 37.3 Å². The minimum atomic E-state index is -1.94. The predicted molar refractivity (Wildman–Crippen MR) is 82.5 cm³/mol. The van der Waals surface area contributed by atoms with Crippen LogP contribution < -0.4 is 5.09 Å². The van der Waals surface area contributed by atoms with E-state index in [-0.39, 0.29) is 0 Å². The minimum Gasteiger partial charge on any atom is -0.327 e. The van der Waals surface area contributed by atoms with E-state index < -0.39 is 5.62 Å². The highest BCUT2D eigenvalue weighted by atomic mass is 32.9. The average molecular weight is 294 g/mol. The lowest BCUT2D eigenvalue weighted by Gasteiger charge is -2.21. The van der Waals surface area contributed by atoms with Crippen molar-refractivity contribution in [1.82, 2.24) is 5.09 Å². The van der Waals surface area contributed by atoms with E-state index in [9.17, 15) is 0 Å². The molecule has 1 atom stereocenters. The van der Waals surface area contributed by atoms with E-state index in [0.29, 0.717) is 12.6 Å². The number of hydrogen-bond donors (Lipinski definition) is 1. The third kappa shape index (κ3) is 6.23. The van der Waals surface area contributed by atoms with Crippen LogP contribution in [-0.2, 0) is 16.3 Å². The van der Waals surface area contributed by atoms with Crippen LogP contribution in [0.25, 0.3) is 0 Å². The maximum absolute atomic E-state index is 5.65. The Bertz CT molecular complexity index is 271. The molecule has 0 aromatic heterocycles. The quantitative estimate of drug-likeness (QED) is 0.438. The molecule has 1 unspecified atom stereocenters. The van der Waals surface area contributed by atoms with Crippen molar-refractivity contribution in [3.8, 4) is 0 Å². The molecule has 1 aliphatic rings. The smallest absolute Gasteiger partial charge is 0.211 e. The maximum atomic E-state index is 5.65. The summed E-state index contributed by atoms with van der Waals surface area (Å²) in [6, 6.07) is 0.493. The summed E-state index contributed by atoms with van der Waals surface area (Å²) < 4.78 is 5.65. The van der Waals surface area contributed by atoms with Gasteiger partial charge in [-0.15, -0.1) is 0 Å². The third-order valence-corrected chi connectivity index (χ3v) is 8.31. The summed E-state index contributed by atoms with van der Waals surface area (Å²) >= 11 is 7.21. The molecule has 0 spiro atoms. The normalized spacial score (nSPS) is 21.5. The van der Waals surface area contributed by atoms with Gasteiger partial charge in [0.2, 0.25) is 5.62 Å². The molecule has 0 aromatic rings. The molecule has 3 nitrogen and oxygen atoms in total. The number of aliphatic imine (C=N–C) groups is 1. The molecule has 0 aromatic carbocycles. The standard InChI is InChI=1S/C11H23N2OPS2/c1-3-14-15(16,17-4-2)13-10-12-11-8-6-5-7-9-11/h10-11H,3-9H2,1-2H3,(H,12,13,16). The second kappa shape index (κ2) is 8.52. The fourth-order valence-corrected chi connectivity index (χ4v) is 6.33. The number of rotatable bonds is 7. The fraction of sp³-hybridized carbons (Fsp3) is 0.909. The highest BCUT2D eigenvalue weighted by Gasteiger charge is 2.16. The average Bonchev–Trinajstić information content (AvgIpc) is 2.31. The maximum Gasteiger partial charge on any atom is 0.211 e. The van der Waals surface area contributed by atoms with Crippen molar-refractivity contribution < 1.29 is 4.52 Å². The molecule has 1 aliphatic carbocycles. The Morgan fingerprint density at radius 3 is 2.71 bits per heavy atom. The zero-order valence-corrected chi connectivity index (χ0v) is 13.3. The Labute approximate surface area is 114 Å².